The predicted molar refractivity (Wildman–Crippen MR) is 97.1 cm³/mol. The molecule has 0 spiro atoms. The lowest BCUT2D eigenvalue weighted by molar-refractivity contribution is 0.498. The zero-order valence-corrected chi connectivity index (χ0v) is 14.0. The Morgan fingerprint density at radius 2 is 1.95 bits per heavy atom. The fourth-order valence-electron chi connectivity index (χ4n) is 2.31. The molecule has 1 heterocycles. The van der Waals surface area contributed by atoms with Gasteiger partial charge in [-0.25, -0.2) is 4.98 Å². The summed E-state index contributed by atoms with van der Waals surface area (Å²) in [5, 5.41) is 7.11. The van der Waals surface area contributed by atoms with Crippen LogP contribution < -0.4 is 10.6 Å². The number of thiocarbonyl (C=S) groups is 1. The summed E-state index contributed by atoms with van der Waals surface area (Å²) >= 11 is 5.36. The molecule has 2 aromatic rings. The van der Waals surface area contributed by atoms with Gasteiger partial charge in [0.2, 0.25) is 0 Å². The van der Waals surface area contributed by atoms with Crippen LogP contribution in [0.5, 0.6) is 0 Å². The van der Waals surface area contributed by atoms with E-state index in [1.807, 2.05) is 19.1 Å². The monoisotopic (exact) mass is 313 g/mol. The van der Waals surface area contributed by atoms with E-state index in [9.17, 15) is 0 Å². The number of nitrogens with zero attached hydrogens (tertiary/aromatic N) is 1. The summed E-state index contributed by atoms with van der Waals surface area (Å²) < 4.78 is 0. The van der Waals surface area contributed by atoms with E-state index < -0.39 is 0 Å². The average molecular weight is 313 g/mol. The lowest BCUT2D eigenvalue weighted by Gasteiger charge is -2.18. The topological polar surface area (TPSA) is 37.0 Å². The zero-order valence-electron chi connectivity index (χ0n) is 13.2. The van der Waals surface area contributed by atoms with Crippen LogP contribution >= 0.6 is 12.2 Å². The molecule has 0 fully saturated rings. The maximum absolute atomic E-state index is 5.36. The Labute approximate surface area is 138 Å². The van der Waals surface area contributed by atoms with Gasteiger partial charge in [0.15, 0.2) is 5.11 Å². The number of pyridine rings is 1. The lowest BCUT2D eigenvalue weighted by atomic mass is 9.97. The molecule has 1 atom stereocenters. The highest BCUT2D eigenvalue weighted by Crippen LogP contribution is 2.12. The molecule has 3 nitrogen and oxygen atoms in total. The fraction of sp³-hybridized carbons (Fsp3) is 0.333. The maximum atomic E-state index is 5.36. The summed E-state index contributed by atoms with van der Waals surface area (Å²) in [6.07, 6.45) is 3.95. The normalized spacial score (nSPS) is 11.7. The van der Waals surface area contributed by atoms with Gasteiger partial charge < -0.3 is 10.6 Å². The van der Waals surface area contributed by atoms with Crippen molar-refractivity contribution < 1.29 is 0 Å². The van der Waals surface area contributed by atoms with Crippen LogP contribution in [0.3, 0.4) is 0 Å². The number of anilines is 1. The summed E-state index contributed by atoms with van der Waals surface area (Å²) in [6.45, 7) is 5.10. The summed E-state index contributed by atoms with van der Waals surface area (Å²) in [5.74, 6) is 1.38. The van der Waals surface area contributed by atoms with E-state index in [2.05, 4.69) is 52.9 Å². The van der Waals surface area contributed by atoms with Crippen molar-refractivity contribution >= 4 is 23.1 Å². The van der Waals surface area contributed by atoms with Gasteiger partial charge >= 0.3 is 0 Å². The highest BCUT2D eigenvalue weighted by Gasteiger charge is 2.09. The first-order chi connectivity index (χ1) is 10.7. The molecule has 116 valence electrons. The van der Waals surface area contributed by atoms with E-state index >= 15 is 0 Å². The smallest absolute Gasteiger partial charge is 0.171 e. The van der Waals surface area contributed by atoms with E-state index in [0.29, 0.717) is 11.0 Å². The van der Waals surface area contributed by atoms with Crippen molar-refractivity contribution in [1.82, 2.24) is 10.3 Å². The molecule has 4 heteroatoms. The van der Waals surface area contributed by atoms with Gasteiger partial charge in [-0.2, -0.15) is 0 Å². The summed E-state index contributed by atoms with van der Waals surface area (Å²) in [7, 11) is 0. The Kier molecular flexibility index (Phi) is 6.34. The van der Waals surface area contributed by atoms with Gasteiger partial charge in [-0.3, -0.25) is 0 Å². The van der Waals surface area contributed by atoms with E-state index in [1.165, 1.54) is 5.56 Å². The first-order valence-electron chi connectivity index (χ1n) is 7.69. The van der Waals surface area contributed by atoms with Crippen LogP contribution in [0.4, 0.5) is 5.82 Å². The van der Waals surface area contributed by atoms with E-state index in [0.717, 1.165) is 30.8 Å². The largest absolute Gasteiger partial charge is 0.362 e. The number of benzene rings is 1. The van der Waals surface area contributed by atoms with Crippen molar-refractivity contribution in [1.29, 1.82) is 0 Å². The second-order valence-electron chi connectivity index (χ2n) is 5.47. The number of aromatic nitrogens is 1. The van der Waals surface area contributed by atoms with Crippen molar-refractivity contribution in [2.24, 2.45) is 5.92 Å². The Morgan fingerprint density at radius 1 is 1.18 bits per heavy atom. The van der Waals surface area contributed by atoms with Gasteiger partial charge in [-0.05, 0) is 48.7 Å². The number of nitrogens with one attached hydrogen (secondary N) is 2. The third kappa shape index (κ3) is 5.11. The van der Waals surface area contributed by atoms with E-state index in [1.54, 1.807) is 6.20 Å². The number of rotatable bonds is 6. The Morgan fingerprint density at radius 3 is 2.64 bits per heavy atom. The van der Waals surface area contributed by atoms with Gasteiger partial charge in [-0.1, -0.05) is 49.7 Å². The average Bonchev–Trinajstić information content (AvgIpc) is 2.54. The van der Waals surface area contributed by atoms with Crippen molar-refractivity contribution in [3.8, 4) is 0 Å². The molecule has 2 rings (SSSR count). The minimum atomic E-state index is 0.562. The van der Waals surface area contributed by atoms with Gasteiger partial charge in [0.05, 0.1) is 0 Å². The Balaban J connectivity index is 1.83. The van der Waals surface area contributed by atoms with Gasteiger partial charge in [-0.15, -0.1) is 0 Å². The molecule has 1 aromatic carbocycles. The zero-order chi connectivity index (χ0) is 15.8. The Hall–Kier alpha value is -1.94. The highest BCUT2D eigenvalue weighted by atomic mass is 32.1. The molecular formula is C18H23N3S. The molecule has 0 unspecified atom stereocenters. The molecule has 0 aliphatic rings. The van der Waals surface area contributed by atoms with E-state index in [4.69, 9.17) is 12.2 Å². The molecule has 22 heavy (non-hydrogen) atoms. The second kappa shape index (κ2) is 8.49. The summed E-state index contributed by atoms with van der Waals surface area (Å²) in [4.78, 5) is 4.29. The van der Waals surface area contributed by atoms with Crippen molar-refractivity contribution in [3.05, 3.63) is 59.8 Å². The van der Waals surface area contributed by atoms with Crippen LogP contribution in [-0.4, -0.2) is 16.6 Å². The first-order valence-corrected chi connectivity index (χ1v) is 8.10. The van der Waals surface area contributed by atoms with Crippen LogP contribution in [0.25, 0.3) is 0 Å². The van der Waals surface area contributed by atoms with Crippen LogP contribution in [0.15, 0.2) is 48.7 Å². The van der Waals surface area contributed by atoms with Gasteiger partial charge in [0.1, 0.15) is 5.82 Å². The molecule has 0 aliphatic heterocycles. The van der Waals surface area contributed by atoms with Crippen LogP contribution in [-0.2, 0) is 6.42 Å². The standard InChI is InChI=1S/C18H23N3S/c1-3-15(12-16-9-5-4-6-10-16)13-20-18(22)21-17-14(2)8-7-11-19-17/h4-11,15H,3,12-13H2,1-2H3,(H2,19,20,21,22)/t15-/m1/s1. The first kappa shape index (κ1) is 16.4. The molecular weight excluding hydrogens is 290 g/mol. The molecule has 1 aromatic heterocycles. The van der Waals surface area contributed by atoms with Gasteiger partial charge in [0, 0.05) is 12.7 Å². The predicted octanol–water partition coefficient (Wildman–Crippen LogP) is 3.95. The molecule has 0 radical (unpaired) electrons. The van der Waals surface area contributed by atoms with Crippen molar-refractivity contribution in [2.45, 2.75) is 26.7 Å². The minimum absolute atomic E-state index is 0.562. The molecule has 2 N–H and O–H groups in total. The second-order valence-corrected chi connectivity index (χ2v) is 5.88. The third-order valence-electron chi connectivity index (χ3n) is 3.74. The maximum Gasteiger partial charge on any atom is 0.171 e. The summed E-state index contributed by atoms with van der Waals surface area (Å²) in [6, 6.07) is 14.5. The number of hydrogen-bond donors (Lipinski definition) is 2. The molecule has 0 saturated carbocycles. The number of hydrogen-bond acceptors (Lipinski definition) is 2. The van der Waals surface area contributed by atoms with Gasteiger partial charge in [0.25, 0.3) is 0 Å². The van der Waals surface area contributed by atoms with Crippen LogP contribution in [0, 0.1) is 12.8 Å². The molecule has 0 saturated heterocycles. The van der Waals surface area contributed by atoms with Crippen molar-refractivity contribution in [3.63, 3.8) is 0 Å². The lowest BCUT2D eigenvalue weighted by Crippen LogP contribution is -2.33. The third-order valence-corrected chi connectivity index (χ3v) is 3.98. The molecule has 0 amide bonds. The SMILES string of the molecule is CC[C@@H](CNC(=S)Nc1ncccc1C)Cc1ccccc1. The van der Waals surface area contributed by atoms with Crippen LogP contribution in [0.1, 0.15) is 24.5 Å². The number of aryl methyl sites for hydroxylation is 1. The fourth-order valence-corrected chi connectivity index (χ4v) is 2.49. The molecule has 0 bridgehead atoms. The summed E-state index contributed by atoms with van der Waals surface area (Å²) in [5.41, 5.74) is 2.46. The van der Waals surface area contributed by atoms with Crippen LogP contribution in [0.2, 0.25) is 0 Å². The van der Waals surface area contributed by atoms with E-state index in [-0.39, 0.29) is 0 Å². The minimum Gasteiger partial charge on any atom is -0.362 e. The highest BCUT2D eigenvalue weighted by molar-refractivity contribution is 7.80. The van der Waals surface area contributed by atoms with Crippen molar-refractivity contribution in [2.75, 3.05) is 11.9 Å². The molecule has 0 aliphatic carbocycles. The Bertz CT molecular complexity index is 598. The quantitative estimate of drug-likeness (QED) is 0.792.